The predicted octanol–water partition coefficient (Wildman–Crippen LogP) is 3.76. The van der Waals surface area contributed by atoms with Crippen LogP contribution < -0.4 is 0 Å². The molecule has 0 spiro atoms. The Kier molecular flexibility index (Phi) is 3.89. The highest BCUT2D eigenvalue weighted by molar-refractivity contribution is 6.25. The number of aryl methyl sites for hydroxylation is 1. The minimum absolute atomic E-state index is 1.05. The molecule has 0 saturated heterocycles. The Morgan fingerprint density at radius 2 is 2.00 bits per heavy atom. The van der Waals surface area contributed by atoms with Crippen molar-refractivity contribution in [2.45, 2.75) is 19.8 Å². The lowest BCUT2D eigenvalue weighted by molar-refractivity contribution is 0.944. The first-order valence-electron chi connectivity index (χ1n) is 4.12. The summed E-state index contributed by atoms with van der Waals surface area (Å²) in [6.07, 6.45) is 2.13. The second kappa shape index (κ2) is 5.00. The number of halogens is 1. The van der Waals surface area contributed by atoms with Crippen LogP contribution in [-0.2, 0) is 6.42 Å². The van der Waals surface area contributed by atoms with E-state index in [4.69, 9.17) is 11.6 Å². The zero-order valence-corrected chi connectivity index (χ0v) is 8.01. The van der Waals surface area contributed by atoms with E-state index < -0.39 is 0 Å². The topological polar surface area (TPSA) is 0 Å². The van der Waals surface area contributed by atoms with Gasteiger partial charge in [0.05, 0.1) is 0 Å². The molecule has 0 aliphatic rings. The van der Waals surface area contributed by atoms with Crippen molar-refractivity contribution in [1.29, 1.82) is 0 Å². The highest BCUT2D eigenvalue weighted by atomic mass is 35.5. The van der Waals surface area contributed by atoms with Crippen LogP contribution in [0.25, 0.3) is 0 Å². The van der Waals surface area contributed by atoms with Crippen LogP contribution in [0, 0.1) is 0 Å². The third kappa shape index (κ3) is 3.10. The molecule has 0 heterocycles. The minimum Gasteiger partial charge on any atom is -0.0930 e. The van der Waals surface area contributed by atoms with Gasteiger partial charge in [-0.05, 0) is 25.3 Å². The molecule has 0 aromatic heterocycles. The van der Waals surface area contributed by atoms with E-state index in [1.54, 1.807) is 5.54 Å². The third-order valence-electron chi connectivity index (χ3n) is 1.84. The summed E-state index contributed by atoms with van der Waals surface area (Å²) in [7, 11) is 0. The summed E-state index contributed by atoms with van der Waals surface area (Å²) in [6.45, 7) is 2.05. The SMILES string of the molecule is CC(=CCl)CCc1ccccc1. The van der Waals surface area contributed by atoms with Crippen molar-refractivity contribution in [3.05, 3.63) is 47.0 Å². The molecule has 1 aromatic rings. The van der Waals surface area contributed by atoms with Crippen molar-refractivity contribution in [2.24, 2.45) is 0 Å². The van der Waals surface area contributed by atoms with Crippen LogP contribution in [0.2, 0.25) is 0 Å². The fraction of sp³-hybridized carbons (Fsp3) is 0.273. The quantitative estimate of drug-likeness (QED) is 0.665. The molecule has 1 aromatic carbocycles. The Bertz CT molecular complexity index is 249. The molecule has 0 fully saturated rings. The molecular weight excluding hydrogens is 168 g/mol. The number of benzene rings is 1. The van der Waals surface area contributed by atoms with Gasteiger partial charge in [-0.1, -0.05) is 47.5 Å². The smallest absolute Gasteiger partial charge is 0.00318 e. The van der Waals surface area contributed by atoms with Crippen LogP contribution >= 0.6 is 11.6 Å². The fourth-order valence-corrected chi connectivity index (χ4v) is 1.15. The van der Waals surface area contributed by atoms with Gasteiger partial charge in [0.1, 0.15) is 0 Å². The molecule has 0 amide bonds. The van der Waals surface area contributed by atoms with Gasteiger partial charge in [0.25, 0.3) is 0 Å². The van der Waals surface area contributed by atoms with Crippen LogP contribution in [0.3, 0.4) is 0 Å². The Morgan fingerprint density at radius 3 is 2.58 bits per heavy atom. The highest BCUT2D eigenvalue weighted by Gasteiger charge is 1.92. The van der Waals surface area contributed by atoms with E-state index in [9.17, 15) is 0 Å². The van der Waals surface area contributed by atoms with Gasteiger partial charge < -0.3 is 0 Å². The average Bonchev–Trinajstić information content (AvgIpc) is 2.16. The lowest BCUT2D eigenvalue weighted by Gasteiger charge is -1.99. The maximum atomic E-state index is 5.56. The molecule has 0 bridgehead atoms. The minimum atomic E-state index is 1.05. The molecule has 0 nitrogen and oxygen atoms in total. The van der Waals surface area contributed by atoms with Crippen LogP contribution in [0.15, 0.2) is 41.4 Å². The van der Waals surface area contributed by atoms with E-state index in [2.05, 4.69) is 31.2 Å². The van der Waals surface area contributed by atoms with Gasteiger partial charge in [0.15, 0.2) is 0 Å². The summed E-state index contributed by atoms with van der Waals surface area (Å²) in [5, 5.41) is 0. The van der Waals surface area contributed by atoms with E-state index in [1.807, 2.05) is 6.07 Å². The van der Waals surface area contributed by atoms with Gasteiger partial charge in [-0.2, -0.15) is 0 Å². The first kappa shape index (κ1) is 9.34. The monoisotopic (exact) mass is 180 g/mol. The van der Waals surface area contributed by atoms with Gasteiger partial charge in [-0.3, -0.25) is 0 Å². The van der Waals surface area contributed by atoms with E-state index in [0.717, 1.165) is 12.8 Å². The molecule has 0 unspecified atom stereocenters. The summed E-state index contributed by atoms with van der Waals surface area (Å²) in [6, 6.07) is 10.4. The van der Waals surface area contributed by atoms with Gasteiger partial charge in [0.2, 0.25) is 0 Å². The number of hydrogen-bond donors (Lipinski definition) is 0. The molecule has 0 saturated carbocycles. The Balaban J connectivity index is 2.44. The van der Waals surface area contributed by atoms with Gasteiger partial charge in [-0.25, -0.2) is 0 Å². The number of rotatable bonds is 3. The Labute approximate surface area is 78.9 Å². The zero-order valence-electron chi connectivity index (χ0n) is 7.26. The molecule has 1 heteroatoms. The Hall–Kier alpha value is -0.750. The third-order valence-corrected chi connectivity index (χ3v) is 2.21. The summed E-state index contributed by atoms with van der Waals surface area (Å²) in [5.41, 5.74) is 4.26. The molecule has 12 heavy (non-hydrogen) atoms. The lowest BCUT2D eigenvalue weighted by Crippen LogP contribution is -1.84. The van der Waals surface area contributed by atoms with Crippen LogP contribution in [-0.4, -0.2) is 0 Å². The molecule has 0 atom stereocenters. The second-order valence-corrected chi connectivity index (χ2v) is 3.16. The predicted molar refractivity (Wildman–Crippen MR) is 54.4 cm³/mol. The lowest BCUT2D eigenvalue weighted by atomic mass is 10.1. The molecular formula is C11H13Cl. The Morgan fingerprint density at radius 1 is 1.33 bits per heavy atom. The van der Waals surface area contributed by atoms with Gasteiger partial charge in [-0.15, -0.1) is 0 Å². The highest BCUT2D eigenvalue weighted by Crippen LogP contribution is 2.08. The molecule has 0 aliphatic heterocycles. The average molecular weight is 181 g/mol. The summed E-state index contributed by atoms with van der Waals surface area (Å²) < 4.78 is 0. The van der Waals surface area contributed by atoms with Crippen molar-refractivity contribution in [1.82, 2.24) is 0 Å². The van der Waals surface area contributed by atoms with Gasteiger partial charge >= 0.3 is 0 Å². The van der Waals surface area contributed by atoms with Crippen molar-refractivity contribution in [3.63, 3.8) is 0 Å². The maximum absolute atomic E-state index is 5.56. The van der Waals surface area contributed by atoms with Crippen molar-refractivity contribution >= 4 is 11.6 Å². The number of hydrogen-bond acceptors (Lipinski definition) is 0. The largest absolute Gasteiger partial charge is 0.0930 e. The molecule has 1 rings (SSSR count). The van der Waals surface area contributed by atoms with Crippen LogP contribution in [0.1, 0.15) is 18.9 Å². The number of allylic oxidation sites excluding steroid dienone is 1. The van der Waals surface area contributed by atoms with Crippen molar-refractivity contribution in [2.75, 3.05) is 0 Å². The molecule has 0 aliphatic carbocycles. The van der Waals surface area contributed by atoms with Crippen LogP contribution in [0.4, 0.5) is 0 Å². The first-order valence-corrected chi connectivity index (χ1v) is 4.56. The van der Waals surface area contributed by atoms with Crippen LogP contribution in [0.5, 0.6) is 0 Å². The summed E-state index contributed by atoms with van der Waals surface area (Å²) >= 11 is 5.56. The molecule has 0 N–H and O–H groups in total. The van der Waals surface area contributed by atoms with E-state index in [1.165, 1.54) is 11.1 Å². The molecule has 0 radical (unpaired) electrons. The second-order valence-electron chi connectivity index (χ2n) is 2.94. The maximum Gasteiger partial charge on any atom is 0.00318 e. The van der Waals surface area contributed by atoms with E-state index >= 15 is 0 Å². The van der Waals surface area contributed by atoms with Crippen molar-refractivity contribution < 1.29 is 0 Å². The fourth-order valence-electron chi connectivity index (χ4n) is 1.04. The summed E-state index contributed by atoms with van der Waals surface area (Å²) in [4.78, 5) is 0. The molecule has 64 valence electrons. The van der Waals surface area contributed by atoms with Gasteiger partial charge in [0, 0.05) is 5.54 Å². The zero-order chi connectivity index (χ0) is 8.81. The first-order chi connectivity index (χ1) is 5.83. The standard InChI is InChI=1S/C11H13Cl/c1-10(9-12)7-8-11-5-3-2-4-6-11/h2-6,9H,7-8H2,1H3. The normalized spacial score (nSPS) is 11.7. The van der Waals surface area contributed by atoms with E-state index in [-0.39, 0.29) is 0 Å². The summed E-state index contributed by atoms with van der Waals surface area (Å²) in [5.74, 6) is 0. The van der Waals surface area contributed by atoms with E-state index in [0.29, 0.717) is 0 Å². The van der Waals surface area contributed by atoms with Crippen molar-refractivity contribution in [3.8, 4) is 0 Å².